The summed E-state index contributed by atoms with van der Waals surface area (Å²) in [6, 6.07) is 1.68. The average Bonchev–Trinajstić information content (AvgIpc) is 2.38. The lowest BCUT2D eigenvalue weighted by Gasteiger charge is -2.28. The van der Waals surface area contributed by atoms with Crippen LogP contribution >= 0.6 is 11.8 Å². The van der Waals surface area contributed by atoms with Crippen molar-refractivity contribution in [1.29, 1.82) is 0 Å². The number of thioether (sulfide) groups is 1. The van der Waals surface area contributed by atoms with E-state index in [4.69, 9.17) is 15.2 Å². The first kappa shape index (κ1) is 13.4. The molecular formula is C12H19N3O2S. The van der Waals surface area contributed by atoms with Crippen molar-refractivity contribution in [2.24, 2.45) is 0 Å². The van der Waals surface area contributed by atoms with E-state index in [-0.39, 0.29) is 6.10 Å². The van der Waals surface area contributed by atoms with Gasteiger partial charge in [-0.3, -0.25) is 0 Å². The number of ether oxygens (including phenoxy) is 2. The summed E-state index contributed by atoms with van der Waals surface area (Å²) in [5, 5.41) is 0.643. The summed E-state index contributed by atoms with van der Waals surface area (Å²) < 4.78 is 11.3. The highest BCUT2D eigenvalue weighted by Crippen LogP contribution is 2.25. The number of nitrogens with two attached hydrogens (primary N) is 1. The maximum absolute atomic E-state index is 5.89. The molecule has 0 spiro atoms. The lowest BCUT2D eigenvalue weighted by molar-refractivity contribution is 0.0193. The van der Waals surface area contributed by atoms with E-state index in [2.05, 4.69) is 9.97 Å². The number of nitrogen functional groups attached to an aromatic ring is 1. The van der Waals surface area contributed by atoms with Gasteiger partial charge in [0.15, 0.2) is 5.16 Å². The van der Waals surface area contributed by atoms with Gasteiger partial charge in [0.25, 0.3) is 0 Å². The Morgan fingerprint density at radius 1 is 1.33 bits per heavy atom. The van der Waals surface area contributed by atoms with Gasteiger partial charge < -0.3 is 15.2 Å². The highest BCUT2D eigenvalue weighted by Gasteiger charge is 2.23. The van der Waals surface area contributed by atoms with Crippen molar-refractivity contribution in [3.05, 3.63) is 6.07 Å². The normalized spacial score (nSPS) is 23.9. The fourth-order valence-corrected chi connectivity index (χ4v) is 2.54. The van der Waals surface area contributed by atoms with Crippen LogP contribution in [0.15, 0.2) is 11.2 Å². The van der Waals surface area contributed by atoms with Crippen molar-refractivity contribution in [2.45, 2.75) is 43.0 Å². The second-order valence-corrected chi connectivity index (χ2v) is 5.16. The number of methoxy groups -OCH3 is 1. The molecule has 0 bridgehead atoms. The molecule has 1 fully saturated rings. The van der Waals surface area contributed by atoms with Gasteiger partial charge in [-0.2, -0.15) is 4.98 Å². The van der Waals surface area contributed by atoms with Crippen LogP contribution in [-0.4, -0.2) is 35.5 Å². The van der Waals surface area contributed by atoms with E-state index < -0.39 is 0 Å². The molecule has 2 atom stereocenters. The van der Waals surface area contributed by atoms with Gasteiger partial charge in [-0.15, -0.1) is 0 Å². The maximum Gasteiger partial charge on any atom is 0.219 e. The predicted molar refractivity (Wildman–Crippen MR) is 71.9 cm³/mol. The van der Waals surface area contributed by atoms with Crippen molar-refractivity contribution in [3.63, 3.8) is 0 Å². The van der Waals surface area contributed by atoms with Gasteiger partial charge in [0.1, 0.15) is 11.9 Å². The zero-order valence-electron chi connectivity index (χ0n) is 10.8. The van der Waals surface area contributed by atoms with Crippen molar-refractivity contribution in [2.75, 3.05) is 19.1 Å². The fourth-order valence-electron chi connectivity index (χ4n) is 2.17. The summed E-state index contributed by atoms with van der Waals surface area (Å²) in [4.78, 5) is 8.41. The molecule has 5 nitrogen and oxygen atoms in total. The van der Waals surface area contributed by atoms with Gasteiger partial charge >= 0.3 is 0 Å². The average molecular weight is 269 g/mol. The van der Waals surface area contributed by atoms with E-state index in [9.17, 15) is 0 Å². The molecule has 0 saturated heterocycles. The highest BCUT2D eigenvalue weighted by atomic mass is 32.2. The van der Waals surface area contributed by atoms with Gasteiger partial charge in [-0.25, -0.2) is 4.98 Å². The molecule has 0 radical (unpaired) electrons. The topological polar surface area (TPSA) is 70.3 Å². The third-order valence-electron chi connectivity index (χ3n) is 3.08. The van der Waals surface area contributed by atoms with Crippen LogP contribution in [0, 0.1) is 0 Å². The number of rotatable bonds is 4. The van der Waals surface area contributed by atoms with E-state index in [0.29, 0.717) is 23.0 Å². The number of hydrogen-bond donors (Lipinski definition) is 1. The van der Waals surface area contributed by atoms with Gasteiger partial charge in [0, 0.05) is 19.6 Å². The van der Waals surface area contributed by atoms with Crippen molar-refractivity contribution < 1.29 is 9.47 Å². The minimum Gasteiger partial charge on any atom is -0.474 e. The molecule has 0 amide bonds. The molecule has 2 N–H and O–H groups in total. The van der Waals surface area contributed by atoms with E-state index >= 15 is 0 Å². The molecule has 1 aromatic rings. The lowest BCUT2D eigenvalue weighted by Crippen LogP contribution is -2.29. The Morgan fingerprint density at radius 2 is 2.11 bits per heavy atom. The number of nitrogens with zero attached hydrogens (tertiary/aromatic N) is 2. The molecule has 1 aromatic heterocycles. The smallest absolute Gasteiger partial charge is 0.219 e. The quantitative estimate of drug-likeness (QED) is 0.667. The first-order chi connectivity index (χ1) is 8.71. The largest absolute Gasteiger partial charge is 0.474 e. The second-order valence-electron chi connectivity index (χ2n) is 4.38. The molecule has 1 saturated carbocycles. The Bertz CT molecular complexity index is 403. The molecule has 18 heavy (non-hydrogen) atoms. The zero-order chi connectivity index (χ0) is 13.0. The molecule has 0 aromatic carbocycles. The van der Waals surface area contributed by atoms with Gasteiger partial charge in [0.2, 0.25) is 5.88 Å². The van der Waals surface area contributed by atoms with Crippen LogP contribution in [0.5, 0.6) is 5.88 Å². The summed E-state index contributed by atoms with van der Waals surface area (Å²) in [5.41, 5.74) is 5.72. The van der Waals surface area contributed by atoms with Crippen LogP contribution in [-0.2, 0) is 4.74 Å². The number of hydrogen-bond acceptors (Lipinski definition) is 6. The summed E-state index contributed by atoms with van der Waals surface area (Å²) in [7, 11) is 1.75. The van der Waals surface area contributed by atoms with Crippen LogP contribution in [0.2, 0.25) is 0 Å². The van der Waals surface area contributed by atoms with E-state index in [1.807, 2.05) is 6.26 Å². The monoisotopic (exact) mass is 269 g/mol. The van der Waals surface area contributed by atoms with Gasteiger partial charge in [0.05, 0.1) is 6.10 Å². The zero-order valence-corrected chi connectivity index (χ0v) is 11.6. The standard InChI is InChI=1S/C12H19N3O2S/c1-16-8-4-3-5-9(6-8)17-11-7-10(13)14-12(15-11)18-2/h7-9H,3-6H2,1-2H3,(H2,13,14,15). The van der Waals surface area contributed by atoms with Crippen molar-refractivity contribution in [1.82, 2.24) is 9.97 Å². The van der Waals surface area contributed by atoms with Crippen molar-refractivity contribution in [3.8, 4) is 5.88 Å². The molecular weight excluding hydrogens is 250 g/mol. The highest BCUT2D eigenvalue weighted by molar-refractivity contribution is 7.98. The van der Waals surface area contributed by atoms with Crippen LogP contribution < -0.4 is 10.5 Å². The molecule has 100 valence electrons. The minimum atomic E-state index is 0.160. The van der Waals surface area contributed by atoms with Gasteiger partial charge in [-0.1, -0.05) is 11.8 Å². The van der Waals surface area contributed by atoms with E-state index in [0.717, 1.165) is 25.7 Å². The van der Waals surface area contributed by atoms with Crippen molar-refractivity contribution >= 4 is 17.6 Å². The fraction of sp³-hybridized carbons (Fsp3) is 0.667. The molecule has 1 aliphatic carbocycles. The number of anilines is 1. The predicted octanol–water partition coefficient (Wildman–Crippen LogP) is 2.12. The van der Waals surface area contributed by atoms with Crippen LogP contribution in [0.4, 0.5) is 5.82 Å². The maximum atomic E-state index is 5.89. The molecule has 6 heteroatoms. The minimum absolute atomic E-state index is 0.160. The molecule has 0 aliphatic heterocycles. The summed E-state index contributed by atoms with van der Waals surface area (Å²) in [6.45, 7) is 0. The molecule has 1 heterocycles. The summed E-state index contributed by atoms with van der Waals surface area (Å²) in [5.74, 6) is 1.01. The molecule has 2 unspecified atom stereocenters. The first-order valence-electron chi connectivity index (χ1n) is 6.09. The van der Waals surface area contributed by atoms with Crippen LogP contribution in [0.25, 0.3) is 0 Å². The van der Waals surface area contributed by atoms with Crippen LogP contribution in [0.3, 0.4) is 0 Å². The summed E-state index contributed by atoms with van der Waals surface area (Å²) >= 11 is 1.46. The SMILES string of the molecule is COC1CCCC(Oc2cc(N)nc(SC)n2)C1. The van der Waals surface area contributed by atoms with E-state index in [1.165, 1.54) is 11.8 Å². The molecule has 1 aliphatic rings. The summed E-state index contributed by atoms with van der Waals surface area (Å²) in [6.07, 6.45) is 6.56. The third kappa shape index (κ3) is 3.49. The van der Waals surface area contributed by atoms with E-state index in [1.54, 1.807) is 13.2 Å². The third-order valence-corrected chi connectivity index (χ3v) is 3.63. The Kier molecular flexibility index (Phi) is 4.66. The van der Waals surface area contributed by atoms with Crippen LogP contribution in [0.1, 0.15) is 25.7 Å². The number of aromatic nitrogens is 2. The first-order valence-corrected chi connectivity index (χ1v) is 7.31. The molecule has 2 rings (SSSR count). The Labute approximate surface area is 111 Å². The second kappa shape index (κ2) is 6.24. The Morgan fingerprint density at radius 3 is 2.83 bits per heavy atom. The Balaban J connectivity index is 2.02. The lowest BCUT2D eigenvalue weighted by atomic mass is 9.95. The Hall–Kier alpha value is -1.01. The van der Waals surface area contributed by atoms with Gasteiger partial charge in [-0.05, 0) is 25.5 Å².